The first-order valence-corrected chi connectivity index (χ1v) is 8.53. The molecule has 1 amide bonds. The molecule has 1 aliphatic rings. The van der Waals surface area contributed by atoms with Crippen LogP contribution in [0.3, 0.4) is 0 Å². The lowest BCUT2D eigenvalue weighted by atomic mass is 10.2. The SMILES string of the molecule is O=C1CC(Nc2cc([N+](=O)[O-])ccc2Cl)=NN1c1c(Cl)cc(Cl)cc1Cl. The molecule has 0 saturated heterocycles. The van der Waals surface area contributed by atoms with Crippen molar-refractivity contribution in [2.45, 2.75) is 6.42 Å². The standard InChI is InChI=1S/C15H8Cl4N4O3/c16-7-3-10(18)15(11(19)4-7)22-14(24)6-13(21-22)20-12-5-8(23(25)26)1-2-9(12)17/h1-5H,6H2,(H,20,21). The molecular formula is C15H8Cl4N4O3. The summed E-state index contributed by atoms with van der Waals surface area (Å²) in [4.78, 5) is 22.6. The zero-order valence-electron chi connectivity index (χ0n) is 12.7. The van der Waals surface area contributed by atoms with Gasteiger partial charge in [-0.2, -0.15) is 10.1 Å². The van der Waals surface area contributed by atoms with Crippen molar-refractivity contribution in [2.75, 3.05) is 10.3 Å². The van der Waals surface area contributed by atoms with E-state index in [2.05, 4.69) is 10.4 Å². The van der Waals surface area contributed by atoms with Crippen LogP contribution in [0.1, 0.15) is 6.42 Å². The molecule has 0 fully saturated rings. The van der Waals surface area contributed by atoms with Crippen LogP contribution in [0.15, 0.2) is 35.4 Å². The van der Waals surface area contributed by atoms with E-state index in [0.29, 0.717) is 5.02 Å². The van der Waals surface area contributed by atoms with E-state index in [4.69, 9.17) is 46.4 Å². The molecule has 0 atom stereocenters. The Bertz CT molecular complexity index is 941. The molecule has 0 radical (unpaired) electrons. The van der Waals surface area contributed by atoms with Crippen molar-refractivity contribution in [3.63, 3.8) is 0 Å². The summed E-state index contributed by atoms with van der Waals surface area (Å²) in [6, 6.07) is 6.78. The first-order chi connectivity index (χ1) is 12.3. The second-order valence-electron chi connectivity index (χ2n) is 5.19. The Hall–Kier alpha value is -2.06. The average molecular weight is 434 g/mol. The van der Waals surface area contributed by atoms with Gasteiger partial charge in [0.2, 0.25) is 0 Å². The van der Waals surface area contributed by atoms with Gasteiger partial charge >= 0.3 is 0 Å². The predicted octanol–water partition coefficient (Wildman–Crippen LogP) is 5.37. The van der Waals surface area contributed by atoms with E-state index in [1.807, 2.05) is 0 Å². The number of hydrazone groups is 1. The van der Waals surface area contributed by atoms with Gasteiger partial charge in [-0.1, -0.05) is 46.4 Å². The number of non-ortho nitro benzene ring substituents is 1. The summed E-state index contributed by atoms with van der Waals surface area (Å²) in [6.07, 6.45) is -0.0890. The molecule has 1 aliphatic heterocycles. The van der Waals surface area contributed by atoms with Crippen LogP contribution in [0.5, 0.6) is 0 Å². The maximum absolute atomic E-state index is 12.3. The fourth-order valence-corrected chi connectivity index (χ4v) is 3.43. The first-order valence-electron chi connectivity index (χ1n) is 7.02. The first kappa shape index (κ1) is 18.7. The van der Waals surface area contributed by atoms with Crippen molar-refractivity contribution >= 4 is 75.2 Å². The average Bonchev–Trinajstić information content (AvgIpc) is 2.88. The van der Waals surface area contributed by atoms with Crippen LogP contribution >= 0.6 is 46.4 Å². The van der Waals surface area contributed by atoms with Gasteiger partial charge in [0.05, 0.1) is 32.1 Å². The van der Waals surface area contributed by atoms with E-state index >= 15 is 0 Å². The molecule has 3 rings (SSSR count). The third-order valence-corrected chi connectivity index (χ3v) is 4.53. The van der Waals surface area contributed by atoms with Gasteiger partial charge in [-0.3, -0.25) is 14.9 Å². The minimum Gasteiger partial charge on any atom is -0.340 e. The highest BCUT2D eigenvalue weighted by Crippen LogP contribution is 2.38. The number of rotatable bonds is 3. The molecule has 0 unspecified atom stereocenters. The molecule has 134 valence electrons. The van der Waals surface area contributed by atoms with Gasteiger partial charge in [0.1, 0.15) is 11.5 Å². The van der Waals surface area contributed by atoms with Crippen molar-refractivity contribution < 1.29 is 9.72 Å². The third kappa shape index (κ3) is 3.71. The number of nitrogens with zero attached hydrogens (tertiary/aromatic N) is 3. The number of nitrogens with one attached hydrogen (secondary N) is 1. The number of nitro groups is 1. The Balaban J connectivity index is 1.93. The number of amides is 1. The molecule has 1 N–H and O–H groups in total. The van der Waals surface area contributed by atoms with Crippen molar-refractivity contribution in [3.8, 4) is 0 Å². The number of carbonyl (C=O) groups excluding carboxylic acids is 1. The summed E-state index contributed by atoms with van der Waals surface area (Å²) in [5, 5.41) is 19.8. The van der Waals surface area contributed by atoms with Crippen molar-refractivity contribution in [1.29, 1.82) is 0 Å². The highest BCUT2D eigenvalue weighted by Gasteiger charge is 2.29. The van der Waals surface area contributed by atoms with E-state index in [0.717, 1.165) is 5.01 Å². The quantitative estimate of drug-likeness (QED) is 0.520. The van der Waals surface area contributed by atoms with Crippen LogP contribution in [0, 0.1) is 10.1 Å². The zero-order valence-corrected chi connectivity index (χ0v) is 15.7. The number of anilines is 2. The number of benzene rings is 2. The van der Waals surface area contributed by atoms with Gasteiger partial charge in [-0.15, -0.1) is 0 Å². The van der Waals surface area contributed by atoms with E-state index < -0.39 is 4.92 Å². The van der Waals surface area contributed by atoms with Crippen LogP contribution in [0.2, 0.25) is 20.1 Å². The highest BCUT2D eigenvalue weighted by molar-refractivity contribution is 6.42. The van der Waals surface area contributed by atoms with Gasteiger partial charge in [0.25, 0.3) is 11.6 Å². The van der Waals surface area contributed by atoms with Gasteiger partial charge < -0.3 is 5.32 Å². The van der Waals surface area contributed by atoms with Crippen molar-refractivity contribution in [2.24, 2.45) is 5.10 Å². The number of carbonyl (C=O) groups is 1. The Labute approximate surface area is 167 Å². The smallest absolute Gasteiger partial charge is 0.271 e. The Kier molecular flexibility index (Phi) is 5.24. The lowest BCUT2D eigenvalue weighted by Crippen LogP contribution is -2.20. The number of hydrogen-bond donors (Lipinski definition) is 1. The molecule has 0 aliphatic carbocycles. The molecule has 0 spiro atoms. The summed E-state index contributed by atoms with van der Waals surface area (Å²) < 4.78 is 0. The molecule has 7 nitrogen and oxygen atoms in total. The summed E-state index contributed by atoms with van der Waals surface area (Å²) in [5.74, 6) is -0.153. The molecule has 0 saturated carbocycles. The van der Waals surface area contributed by atoms with E-state index in [9.17, 15) is 14.9 Å². The summed E-state index contributed by atoms with van der Waals surface area (Å²) in [5.41, 5.74) is 0.301. The van der Waals surface area contributed by atoms with Crippen molar-refractivity contribution in [3.05, 3.63) is 60.5 Å². The maximum Gasteiger partial charge on any atom is 0.271 e. The Morgan fingerprint density at radius 2 is 1.73 bits per heavy atom. The predicted molar refractivity (Wildman–Crippen MR) is 103 cm³/mol. The third-order valence-electron chi connectivity index (χ3n) is 3.41. The van der Waals surface area contributed by atoms with Crippen LogP contribution in [0.25, 0.3) is 0 Å². The summed E-state index contributed by atoms with van der Waals surface area (Å²) in [7, 11) is 0. The highest BCUT2D eigenvalue weighted by atomic mass is 35.5. The monoisotopic (exact) mass is 432 g/mol. The normalized spacial score (nSPS) is 13.8. The molecule has 11 heteroatoms. The number of halogens is 4. The Morgan fingerprint density at radius 3 is 2.35 bits per heavy atom. The van der Waals surface area contributed by atoms with Crippen molar-refractivity contribution in [1.82, 2.24) is 0 Å². The lowest BCUT2D eigenvalue weighted by Gasteiger charge is -2.15. The summed E-state index contributed by atoms with van der Waals surface area (Å²) in [6.45, 7) is 0. The molecule has 1 heterocycles. The molecule has 2 aromatic carbocycles. The van der Waals surface area contributed by atoms with Gasteiger partial charge in [0.15, 0.2) is 0 Å². The summed E-state index contributed by atoms with van der Waals surface area (Å²) >= 11 is 24.2. The van der Waals surface area contributed by atoms with Gasteiger partial charge in [-0.05, 0) is 18.2 Å². The minimum atomic E-state index is -0.553. The number of amidine groups is 1. The molecule has 26 heavy (non-hydrogen) atoms. The number of hydrogen-bond acceptors (Lipinski definition) is 5. The second-order valence-corrected chi connectivity index (χ2v) is 6.85. The molecule has 0 aromatic heterocycles. The Morgan fingerprint density at radius 1 is 1.08 bits per heavy atom. The fourth-order valence-electron chi connectivity index (χ4n) is 2.29. The maximum atomic E-state index is 12.3. The van der Waals surface area contributed by atoms with Gasteiger partial charge in [-0.25, -0.2) is 0 Å². The van der Waals surface area contributed by atoms with E-state index in [1.54, 1.807) is 0 Å². The van der Waals surface area contributed by atoms with Gasteiger partial charge in [0, 0.05) is 17.2 Å². The van der Waals surface area contributed by atoms with E-state index in [1.165, 1.54) is 30.3 Å². The number of nitro benzene ring substituents is 1. The van der Waals surface area contributed by atoms with Crippen LogP contribution in [-0.4, -0.2) is 16.7 Å². The largest absolute Gasteiger partial charge is 0.340 e. The van der Waals surface area contributed by atoms with E-state index in [-0.39, 0.29) is 50.3 Å². The topological polar surface area (TPSA) is 87.8 Å². The molecule has 0 bridgehead atoms. The van der Waals surface area contributed by atoms with Crippen LogP contribution in [0.4, 0.5) is 17.1 Å². The minimum absolute atomic E-state index is 0.0890. The second kappa shape index (κ2) is 7.28. The molecule has 2 aromatic rings. The lowest BCUT2D eigenvalue weighted by molar-refractivity contribution is -0.384. The van der Waals surface area contributed by atoms with Crippen LogP contribution in [-0.2, 0) is 4.79 Å². The fraction of sp³-hybridized carbons (Fsp3) is 0.0667. The zero-order chi connectivity index (χ0) is 19.0. The van der Waals surface area contributed by atoms with Crippen LogP contribution < -0.4 is 10.3 Å². The molecular weight excluding hydrogens is 426 g/mol.